The zero-order valence-corrected chi connectivity index (χ0v) is 17.5. The summed E-state index contributed by atoms with van der Waals surface area (Å²) in [5, 5.41) is 7.80. The van der Waals surface area contributed by atoms with Gasteiger partial charge in [0.1, 0.15) is 11.6 Å². The first-order valence-corrected chi connectivity index (χ1v) is 10.3. The highest BCUT2D eigenvalue weighted by atomic mass is 16.5. The van der Waals surface area contributed by atoms with Gasteiger partial charge in [0.15, 0.2) is 0 Å². The number of hydrogen-bond donors (Lipinski definition) is 1. The summed E-state index contributed by atoms with van der Waals surface area (Å²) < 4.78 is 7.38. The van der Waals surface area contributed by atoms with E-state index < -0.39 is 5.41 Å². The Hall–Kier alpha value is -2.37. The maximum absolute atomic E-state index is 12.7. The summed E-state index contributed by atoms with van der Waals surface area (Å²) in [7, 11) is 0. The van der Waals surface area contributed by atoms with Crippen LogP contribution < -0.4 is 5.32 Å². The van der Waals surface area contributed by atoms with E-state index in [0.717, 1.165) is 43.0 Å². The molecule has 1 aliphatic carbocycles. The molecule has 2 aromatic heterocycles. The Morgan fingerprint density at radius 2 is 1.96 bits per heavy atom. The van der Waals surface area contributed by atoms with Crippen LogP contribution in [0.2, 0.25) is 0 Å². The molecule has 3 rings (SSSR count). The zero-order chi connectivity index (χ0) is 20.2. The number of pyridine rings is 1. The fourth-order valence-corrected chi connectivity index (χ4v) is 4.02. The summed E-state index contributed by atoms with van der Waals surface area (Å²) in [6, 6.07) is 7.88. The number of anilines is 2. The number of aromatic nitrogens is 3. The largest absolute Gasteiger partial charge is 0.466 e. The lowest BCUT2D eigenvalue weighted by Crippen LogP contribution is -2.37. The number of ether oxygens (including phenoxy) is 1. The van der Waals surface area contributed by atoms with Crippen molar-refractivity contribution in [2.24, 2.45) is 5.41 Å². The summed E-state index contributed by atoms with van der Waals surface area (Å²) >= 11 is 0. The van der Waals surface area contributed by atoms with Crippen LogP contribution in [0.15, 0.2) is 30.5 Å². The second-order valence-electron chi connectivity index (χ2n) is 8.68. The smallest absolute Gasteiger partial charge is 0.312 e. The molecule has 0 spiro atoms. The number of carbonyl (C=O) groups excluding carboxylic acids is 1. The van der Waals surface area contributed by atoms with E-state index in [1.807, 2.05) is 35.9 Å². The normalized spacial score (nSPS) is 16.6. The van der Waals surface area contributed by atoms with Gasteiger partial charge in [-0.05, 0) is 52.7 Å². The molecule has 1 aliphatic rings. The van der Waals surface area contributed by atoms with Gasteiger partial charge in [-0.25, -0.2) is 9.67 Å². The Bertz CT molecular complexity index is 801. The second-order valence-corrected chi connectivity index (χ2v) is 8.68. The van der Waals surface area contributed by atoms with E-state index in [1.165, 1.54) is 6.42 Å². The Morgan fingerprint density at radius 1 is 1.21 bits per heavy atom. The second kappa shape index (κ2) is 8.33. The number of nitrogens with one attached hydrogen (secondary N) is 1. The van der Waals surface area contributed by atoms with E-state index in [-0.39, 0.29) is 11.5 Å². The van der Waals surface area contributed by atoms with E-state index >= 15 is 0 Å². The fraction of sp³-hybridized carbons (Fsp3) is 0.591. The van der Waals surface area contributed by atoms with Crippen LogP contribution in [0.4, 0.5) is 11.6 Å². The van der Waals surface area contributed by atoms with Crippen molar-refractivity contribution in [2.45, 2.75) is 71.8 Å². The van der Waals surface area contributed by atoms with Crippen LogP contribution in [0, 0.1) is 5.41 Å². The fourth-order valence-electron chi connectivity index (χ4n) is 4.02. The predicted octanol–water partition coefficient (Wildman–Crippen LogP) is 4.83. The highest BCUT2D eigenvalue weighted by molar-refractivity contribution is 5.77. The number of rotatable bonds is 6. The molecular weight excluding hydrogens is 352 g/mol. The van der Waals surface area contributed by atoms with Crippen molar-refractivity contribution >= 4 is 17.6 Å². The molecule has 2 heterocycles. The van der Waals surface area contributed by atoms with Crippen molar-refractivity contribution in [3.63, 3.8) is 0 Å². The van der Waals surface area contributed by atoms with Crippen LogP contribution in [0.1, 0.15) is 65.5 Å². The molecular formula is C22H32N4O2. The Balaban J connectivity index is 1.81. The molecule has 0 atom stereocenters. The average molecular weight is 385 g/mol. The number of carbonyl (C=O) groups is 1. The van der Waals surface area contributed by atoms with Gasteiger partial charge < -0.3 is 10.1 Å². The van der Waals surface area contributed by atoms with Crippen LogP contribution in [0.3, 0.4) is 0 Å². The van der Waals surface area contributed by atoms with Crippen LogP contribution in [-0.2, 0) is 21.5 Å². The molecule has 0 radical (unpaired) electrons. The minimum absolute atomic E-state index is 0.0688. The first kappa shape index (κ1) is 20.4. The van der Waals surface area contributed by atoms with Gasteiger partial charge in [0, 0.05) is 18.2 Å². The maximum Gasteiger partial charge on any atom is 0.312 e. The summed E-state index contributed by atoms with van der Waals surface area (Å²) in [6.45, 7) is 8.63. The lowest BCUT2D eigenvalue weighted by Gasteiger charge is -2.34. The molecule has 0 bridgehead atoms. The molecule has 1 fully saturated rings. The van der Waals surface area contributed by atoms with Gasteiger partial charge in [-0.15, -0.1) is 0 Å². The lowest BCUT2D eigenvalue weighted by molar-refractivity contribution is -0.157. The minimum atomic E-state index is -0.437. The molecule has 0 aromatic carbocycles. The first-order chi connectivity index (χ1) is 13.3. The number of esters is 1. The van der Waals surface area contributed by atoms with Gasteiger partial charge in [-0.2, -0.15) is 5.10 Å². The molecule has 6 heteroatoms. The molecule has 1 saturated carbocycles. The molecule has 1 N–H and O–H groups in total. The van der Waals surface area contributed by atoms with Gasteiger partial charge in [-0.3, -0.25) is 4.79 Å². The van der Waals surface area contributed by atoms with E-state index in [4.69, 9.17) is 9.72 Å². The van der Waals surface area contributed by atoms with E-state index in [0.29, 0.717) is 13.0 Å². The molecule has 2 aromatic rings. The van der Waals surface area contributed by atoms with Crippen LogP contribution in [-0.4, -0.2) is 27.3 Å². The first-order valence-electron chi connectivity index (χ1n) is 10.3. The van der Waals surface area contributed by atoms with Crippen molar-refractivity contribution in [3.05, 3.63) is 36.2 Å². The van der Waals surface area contributed by atoms with E-state index in [2.05, 4.69) is 31.2 Å². The van der Waals surface area contributed by atoms with Gasteiger partial charge in [-0.1, -0.05) is 25.3 Å². The quantitative estimate of drug-likeness (QED) is 0.722. The van der Waals surface area contributed by atoms with Crippen molar-refractivity contribution in [1.82, 2.24) is 14.8 Å². The zero-order valence-electron chi connectivity index (χ0n) is 17.5. The maximum atomic E-state index is 12.7. The third-order valence-corrected chi connectivity index (χ3v) is 5.38. The summed E-state index contributed by atoms with van der Waals surface area (Å²) in [4.78, 5) is 17.5. The van der Waals surface area contributed by atoms with E-state index in [9.17, 15) is 4.79 Å². The Kier molecular flexibility index (Phi) is 6.06. The summed E-state index contributed by atoms with van der Waals surface area (Å²) in [6.07, 6.45) is 7.50. The SMILES string of the molecule is CCOC(=O)C1(Cc2cccc(Nc3ccnn3C(C)(C)C)n2)CCCCC1. The summed E-state index contributed by atoms with van der Waals surface area (Å²) in [5.41, 5.74) is 0.355. The molecule has 0 aliphatic heterocycles. The highest BCUT2D eigenvalue weighted by Gasteiger charge is 2.41. The van der Waals surface area contributed by atoms with Gasteiger partial charge in [0.05, 0.1) is 23.8 Å². The molecule has 6 nitrogen and oxygen atoms in total. The molecule has 28 heavy (non-hydrogen) atoms. The highest BCUT2D eigenvalue weighted by Crippen LogP contribution is 2.40. The van der Waals surface area contributed by atoms with Crippen LogP contribution >= 0.6 is 0 Å². The van der Waals surface area contributed by atoms with Gasteiger partial charge in [0.2, 0.25) is 0 Å². The third kappa shape index (κ3) is 4.54. The number of nitrogens with zero attached hydrogens (tertiary/aromatic N) is 3. The van der Waals surface area contributed by atoms with Crippen LogP contribution in [0.5, 0.6) is 0 Å². The van der Waals surface area contributed by atoms with Crippen molar-refractivity contribution in [3.8, 4) is 0 Å². The predicted molar refractivity (Wildman–Crippen MR) is 111 cm³/mol. The minimum Gasteiger partial charge on any atom is -0.466 e. The molecule has 0 unspecified atom stereocenters. The Labute approximate surface area is 167 Å². The third-order valence-electron chi connectivity index (χ3n) is 5.38. The standard InChI is InChI=1S/C22H32N4O2/c1-5-28-20(27)22(13-7-6-8-14-22)16-17-10-9-11-18(24-17)25-19-12-15-23-26(19)21(2,3)4/h9-12,15H,5-8,13-14,16H2,1-4H3,(H,24,25). The lowest BCUT2D eigenvalue weighted by atomic mass is 9.71. The summed E-state index contributed by atoms with van der Waals surface area (Å²) in [5.74, 6) is 1.59. The van der Waals surface area contributed by atoms with Gasteiger partial charge in [0.25, 0.3) is 0 Å². The Morgan fingerprint density at radius 3 is 2.64 bits per heavy atom. The van der Waals surface area contributed by atoms with Gasteiger partial charge >= 0.3 is 5.97 Å². The molecule has 0 amide bonds. The van der Waals surface area contributed by atoms with E-state index in [1.54, 1.807) is 6.20 Å². The number of hydrogen-bond acceptors (Lipinski definition) is 5. The topological polar surface area (TPSA) is 69.0 Å². The van der Waals surface area contributed by atoms with Crippen molar-refractivity contribution < 1.29 is 9.53 Å². The monoisotopic (exact) mass is 384 g/mol. The average Bonchev–Trinajstić information content (AvgIpc) is 3.11. The molecule has 152 valence electrons. The van der Waals surface area contributed by atoms with Crippen LogP contribution in [0.25, 0.3) is 0 Å². The molecule has 0 saturated heterocycles. The van der Waals surface area contributed by atoms with Crippen molar-refractivity contribution in [2.75, 3.05) is 11.9 Å². The van der Waals surface area contributed by atoms with Crippen molar-refractivity contribution in [1.29, 1.82) is 0 Å².